The molecular formula is C33H34ClF2N7. The number of piperidine rings is 1. The Labute approximate surface area is 255 Å². The van der Waals surface area contributed by atoms with Crippen molar-refractivity contribution in [1.29, 1.82) is 5.41 Å². The Bertz CT molecular complexity index is 1620. The summed E-state index contributed by atoms with van der Waals surface area (Å²) in [5, 5.41) is 12.2. The SMILES string of the molecule is C=CC1=C(N=C(N)Nc2ccc(C(=N)N3CCC(N(C)C)CC3)cc2)c2ccc(Cl)cc2C(c2c(F)cccc2F)=NC1. The molecule has 0 unspecified atom stereocenters. The van der Waals surface area contributed by atoms with E-state index in [-0.39, 0.29) is 23.8 Å². The summed E-state index contributed by atoms with van der Waals surface area (Å²) in [6.45, 7) is 5.69. The van der Waals surface area contributed by atoms with Crippen LogP contribution in [0.2, 0.25) is 5.02 Å². The molecule has 0 aliphatic carbocycles. The molecule has 3 aromatic rings. The Kier molecular flexibility index (Phi) is 9.03. The molecule has 10 heteroatoms. The summed E-state index contributed by atoms with van der Waals surface area (Å²) in [7, 11) is 4.20. The van der Waals surface area contributed by atoms with Gasteiger partial charge in [0.2, 0.25) is 0 Å². The van der Waals surface area contributed by atoms with Crippen molar-refractivity contribution in [2.24, 2.45) is 15.7 Å². The second-order valence-corrected chi connectivity index (χ2v) is 11.2. The second-order valence-electron chi connectivity index (χ2n) is 10.8. The number of nitrogens with one attached hydrogen (secondary N) is 2. The molecule has 4 N–H and O–H groups in total. The van der Waals surface area contributed by atoms with Crippen molar-refractivity contribution in [2.75, 3.05) is 39.0 Å². The predicted molar refractivity (Wildman–Crippen MR) is 172 cm³/mol. The van der Waals surface area contributed by atoms with Gasteiger partial charge in [0.05, 0.1) is 23.5 Å². The van der Waals surface area contributed by atoms with Gasteiger partial charge in [-0.15, -0.1) is 0 Å². The van der Waals surface area contributed by atoms with Gasteiger partial charge in [-0.1, -0.05) is 36.4 Å². The van der Waals surface area contributed by atoms with E-state index in [4.69, 9.17) is 22.7 Å². The Balaban J connectivity index is 1.39. The van der Waals surface area contributed by atoms with Crippen molar-refractivity contribution in [3.8, 4) is 0 Å². The minimum atomic E-state index is -0.729. The number of amidine groups is 1. The lowest BCUT2D eigenvalue weighted by atomic mass is 9.94. The van der Waals surface area contributed by atoms with Crippen molar-refractivity contribution < 1.29 is 8.78 Å². The minimum absolute atomic E-state index is 0.0770. The van der Waals surface area contributed by atoms with Crippen LogP contribution in [0.4, 0.5) is 14.5 Å². The van der Waals surface area contributed by atoms with E-state index in [2.05, 4.69) is 45.8 Å². The van der Waals surface area contributed by atoms with Gasteiger partial charge >= 0.3 is 0 Å². The number of fused-ring (bicyclic) bond motifs is 1. The number of guanidine groups is 1. The van der Waals surface area contributed by atoms with Crippen molar-refractivity contribution >= 4 is 40.5 Å². The van der Waals surface area contributed by atoms with Crippen molar-refractivity contribution in [3.05, 3.63) is 118 Å². The van der Waals surface area contributed by atoms with Gasteiger partial charge in [-0.2, -0.15) is 0 Å². The van der Waals surface area contributed by atoms with Gasteiger partial charge in [0.1, 0.15) is 17.5 Å². The van der Waals surface area contributed by atoms with Gasteiger partial charge < -0.3 is 20.9 Å². The van der Waals surface area contributed by atoms with E-state index >= 15 is 0 Å². The van der Waals surface area contributed by atoms with Gasteiger partial charge in [0.15, 0.2) is 5.96 Å². The summed E-state index contributed by atoms with van der Waals surface area (Å²) in [6, 6.07) is 16.7. The fraction of sp³-hybridized carbons (Fsp3) is 0.242. The van der Waals surface area contributed by atoms with Crippen molar-refractivity contribution in [2.45, 2.75) is 18.9 Å². The number of anilines is 1. The molecule has 0 aromatic heterocycles. The number of halogens is 3. The molecule has 222 valence electrons. The first kappa shape index (κ1) is 30.1. The third-order valence-corrected chi connectivity index (χ3v) is 8.06. The molecular weight excluding hydrogens is 568 g/mol. The standard InChI is InChI=1S/C33H34ClF2N7/c1-4-20-19-39-31(29-27(35)6-5-7-28(29)36)26-18-22(34)10-13-25(26)30(20)41-33(38)40-23-11-8-21(9-12-23)32(37)43-16-14-24(15-17-43)42(2)3/h4-13,18,24,37H,1,14-17,19H2,2-3H3,(H3,38,40,41). The Morgan fingerprint density at radius 2 is 1.77 bits per heavy atom. The van der Waals surface area contributed by atoms with E-state index < -0.39 is 11.6 Å². The Morgan fingerprint density at radius 1 is 1.09 bits per heavy atom. The van der Waals surface area contributed by atoms with Crippen LogP contribution in [0.1, 0.15) is 35.1 Å². The van der Waals surface area contributed by atoms with Crippen molar-refractivity contribution in [1.82, 2.24) is 9.80 Å². The number of aliphatic imine (C=N–C) groups is 2. The average Bonchev–Trinajstić information content (AvgIpc) is 3.13. The zero-order valence-corrected chi connectivity index (χ0v) is 24.9. The maximum atomic E-state index is 14.9. The topological polar surface area (TPSA) is 93.1 Å². The Hall–Kier alpha value is -4.34. The molecule has 0 atom stereocenters. The number of likely N-dealkylation sites (tertiary alicyclic amines) is 1. The highest BCUT2D eigenvalue weighted by Crippen LogP contribution is 2.33. The molecule has 2 heterocycles. The fourth-order valence-corrected chi connectivity index (χ4v) is 5.62. The van der Waals surface area contributed by atoms with E-state index in [9.17, 15) is 8.78 Å². The minimum Gasteiger partial charge on any atom is -0.369 e. The van der Waals surface area contributed by atoms with Crippen LogP contribution in [-0.2, 0) is 0 Å². The number of benzene rings is 3. The summed E-state index contributed by atoms with van der Waals surface area (Å²) >= 11 is 6.33. The van der Waals surface area contributed by atoms with Crippen LogP contribution in [0.5, 0.6) is 0 Å². The van der Waals surface area contributed by atoms with E-state index in [1.807, 2.05) is 24.3 Å². The maximum absolute atomic E-state index is 14.9. The number of nitrogens with two attached hydrogens (primary N) is 1. The molecule has 3 aromatic carbocycles. The molecule has 0 saturated carbocycles. The summed E-state index contributed by atoms with van der Waals surface area (Å²) < 4.78 is 29.7. The molecule has 0 radical (unpaired) electrons. The third-order valence-electron chi connectivity index (χ3n) is 7.82. The smallest absolute Gasteiger partial charge is 0.198 e. The maximum Gasteiger partial charge on any atom is 0.198 e. The summed E-state index contributed by atoms with van der Waals surface area (Å²) in [6.07, 6.45) is 3.67. The molecule has 43 heavy (non-hydrogen) atoms. The summed E-state index contributed by atoms with van der Waals surface area (Å²) in [5.41, 5.74) is 9.85. The number of nitrogens with zero attached hydrogens (tertiary/aromatic N) is 4. The number of hydrogen-bond donors (Lipinski definition) is 3. The second kappa shape index (κ2) is 12.9. The van der Waals surface area contributed by atoms with Crippen LogP contribution >= 0.6 is 11.6 Å². The highest BCUT2D eigenvalue weighted by molar-refractivity contribution is 6.31. The number of rotatable bonds is 6. The highest BCUT2D eigenvalue weighted by atomic mass is 35.5. The first-order chi connectivity index (χ1) is 20.7. The Morgan fingerprint density at radius 3 is 2.40 bits per heavy atom. The normalized spacial score (nSPS) is 16.1. The van der Waals surface area contributed by atoms with E-state index in [1.165, 1.54) is 18.2 Å². The van der Waals surface area contributed by atoms with Crippen LogP contribution in [0.3, 0.4) is 0 Å². The predicted octanol–water partition coefficient (Wildman–Crippen LogP) is 6.14. The van der Waals surface area contributed by atoms with Gasteiger partial charge in [-0.25, -0.2) is 13.8 Å². The van der Waals surface area contributed by atoms with Gasteiger partial charge in [-0.3, -0.25) is 10.4 Å². The van der Waals surface area contributed by atoms with E-state index in [0.717, 1.165) is 31.5 Å². The summed E-state index contributed by atoms with van der Waals surface area (Å²) in [5.74, 6) is -0.855. The lowest BCUT2D eigenvalue weighted by Gasteiger charge is -2.36. The van der Waals surface area contributed by atoms with E-state index in [0.29, 0.717) is 45.0 Å². The fourth-order valence-electron chi connectivity index (χ4n) is 5.44. The molecule has 0 bridgehead atoms. The molecule has 5 rings (SSSR count). The lowest BCUT2D eigenvalue weighted by Crippen LogP contribution is -2.44. The lowest BCUT2D eigenvalue weighted by molar-refractivity contribution is 0.191. The van der Waals surface area contributed by atoms with Crippen LogP contribution in [0, 0.1) is 17.0 Å². The molecule has 1 fully saturated rings. The monoisotopic (exact) mass is 601 g/mol. The quantitative estimate of drug-likeness (QED) is 0.234. The highest BCUT2D eigenvalue weighted by Gasteiger charge is 2.25. The molecule has 2 aliphatic heterocycles. The first-order valence-corrected chi connectivity index (χ1v) is 14.4. The molecule has 7 nitrogen and oxygen atoms in total. The van der Waals surface area contributed by atoms with Crippen LogP contribution in [0.15, 0.2) is 88.9 Å². The zero-order chi connectivity index (χ0) is 30.7. The van der Waals surface area contributed by atoms with Gasteiger partial charge in [0, 0.05) is 46.5 Å². The van der Waals surface area contributed by atoms with Crippen LogP contribution < -0.4 is 11.1 Å². The largest absolute Gasteiger partial charge is 0.369 e. The third kappa shape index (κ3) is 6.53. The van der Waals surface area contributed by atoms with Gasteiger partial charge in [-0.05, 0) is 81.0 Å². The van der Waals surface area contributed by atoms with Crippen LogP contribution in [-0.4, -0.2) is 67.1 Å². The number of hydrogen-bond acceptors (Lipinski definition) is 4. The summed E-state index contributed by atoms with van der Waals surface area (Å²) in [4.78, 5) is 13.6. The first-order valence-electron chi connectivity index (χ1n) is 14.0. The van der Waals surface area contributed by atoms with E-state index in [1.54, 1.807) is 24.3 Å². The average molecular weight is 602 g/mol. The molecule has 0 amide bonds. The van der Waals surface area contributed by atoms with Gasteiger partial charge in [0.25, 0.3) is 0 Å². The molecule has 2 aliphatic rings. The van der Waals surface area contributed by atoms with Crippen LogP contribution in [0.25, 0.3) is 5.70 Å². The zero-order valence-electron chi connectivity index (χ0n) is 24.2. The van der Waals surface area contributed by atoms with Crippen molar-refractivity contribution in [3.63, 3.8) is 0 Å². The molecule has 0 spiro atoms. The molecule has 1 saturated heterocycles.